The smallest absolute Gasteiger partial charge is 0.426 e. The second-order valence-corrected chi connectivity index (χ2v) is 7.68. The minimum absolute atomic E-state index is 0.0483. The van der Waals surface area contributed by atoms with E-state index in [1.54, 1.807) is 4.90 Å². The molecule has 1 atom stereocenters. The van der Waals surface area contributed by atoms with Crippen LogP contribution < -0.4 is 16.0 Å². The zero-order valence-electron chi connectivity index (χ0n) is 18.0. The van der Waals surface area contributed by atoms with Crippen molar-refractivity contribution in [3.05, 3.63) is 65.7 Å². The van der Waals surface area contributed by atoms with Crippen molar-refractivity contribution in [1.29, 1.82) is 0 Å². The molecule has 0 saturated carbocycles. The summed E-state index contributed by atoms with van der Waals surface area (Å²) < 4.78 is 0. The Bertz CT molecular complexity index is 833. The van der Waals surface area contributed by atoms with E-state index in [1.165, 1.54) is 0 Å². The SMILES string of the molecule is Cc1ccccc1N(CC(=O)NCCCCC(N)B(O)O)C(=O)CCc1ccccc1. The molecule has 8 heteroatoms. The molecule has 0 radical (unpaired) electrons. The van der Waals surface area contributed by atoms with Crippen LogP contribution in [0.15, 0.2) is 54.6 Å². The summed E-state index contributed by atoms with van der Waals surface area (Å²) in [6.45, 7) is 2.31. The van der Waals surface area contributed by atoms with Gasteiger partial charge in [-0.25, -0.2) is 0 Å². The Hall–Kier alpha value is -2.68. The molecule has 2 aromatic carbocycles. The predicted molar refractivity (Wildman–Crippen MR) is 123 cm³/mol. The molecule has 7 nitrogen and oxygen atoms in total. The topological polar surface area (TPSA) is 116 Å². The lowest BCUT2D eigenvalue weighted by molar-refractivity contribution is -0.123. The van der Waals surface area contributed by atoms with Gasteiger partial charge in [0.2, 0.25) is 11.8 Å². The van der Waals surface area contributed by atoms with Gasteiger partial charge in [-0.2, -0.15) is 0 Å². The molecule has 0 saturated heterocycles. The summed E-state index contributed by atoms with van der Waals surface area (Å²) in [4.78, 5) is 27.1. The van der Waals surface area contributed by atoms with Gasteiger partial charge in [0.15, 0.2) is 0 Å². The van der Waals surface area contributed by atoms with E-state index in [4.69, 9.17) is 15.8 Å². The number of anilines is 1. The highest BCUT2D eigenvalue weighted by Gasteiger charge is 2.21. The van der Waals surface area contributed by atoms with Crippen molar-refractivity contribution < 1.29 is 19.6 Å². The van der Waals surface area contributed by atoms with E-state index in [9.17, 15) is 9.59 Å². The fraction of sp³-hybridized carbons (Fsp3) is 0.391. The average molecular weight is 425 g/mol. The maximum atomic E-state index is 13.0. The van der Waals surface area contributed by atoms with Gasteiger partial charge in [0, 0.05) is 24.6 Å². The highest BCUT2D eigenvalue weighted by Crippen LogP contribution is 2.20. The number of nitrogens with zero attached hydrogens (tertiary/aromatic N) is 1. The zero-order valence-corrected chi connectivity index (χ0v) is 18.0. The van der Waals surface area contributed by atoms with Crippen LogP contribution in [0, 0.1) is 6.92 Å². The molecule has 0 spiro atoms. The van der Waals surface area contributed by atoms with E-state index in [0.717, 1.165) is 16.8 Å². The van der Waals surface area contributed by atoms with Gasteiger partial charge in [0.25, 0.3) is 0 Å². The molecule has 0 fully saturated rings. The quantitative estimate of drug-likeness (QED) is 0.305. The van der Waals surface area contributed by atoms with Crippen molar-refractivity contribution in [1.82, 2.24) is 5.32 Å². The number of nitrogens with two attached hydrogens (primary N) is 1. The van der Waals surface area contributed by atoms with Gasteiger partial charge in [-0.1, -0.05) is 55.0 Å². The summed E-state index contributed by atoms with van der Waals surface area (Å²) in [5, 5.41) is 20.8. The second-order valence-electron chi connectivity index (χ2n) is 7.68. The summed E-state index contributed by atoms with van der Waals surface area (Å²) in [6, 6.07) is 17.3. The van der Waals surface area contributed by atoms with E-state index >= 15 is 0 Å². The molecule has 2 rings (SSSR count). The molecule has 0 aliphatic heterocycles. The van der Waals surface area contributed by atoms with Crippen LogP contribution >= 0.6 is 0 Å². The summed E-state index contributed by atoms with van der Waals surface area (Å²) >= 11 is 0. The Balaban J connectivity index is 1.92. The first-order valence-electron chi connectivity index (χ1n) is 10.7. The number of para-hydroxylation sites is 1. The number of amides is 2. The van der Waals surface area contributed by atoms with Gasteiger partial charge in [-0.05, 0) is 43.4 Å². The number of hydrogen-bond acceptors (Lipinski definition) is 5. The van der Waals surface area contributed by atoms with Gasteiger partial charge in [0.1, 0.15) is 6.54 Å². The maximum Gasteiger partial charge on any atom is 0.469 e. The number of aryl methyl sites for hydroxylation is 2. The lowest BCUT2D eigenvalue weighted by Gasteiger charge is -2.24. The van der Waals surface area contributed by atoms with Gasteiger partial charge >= 0.3 is 7.12 Å². The van der Waals surface area contributed by atoms with Crippen LogP contribution in [-0.4, -0.2) is 48.0 Å². The molecule has 31 heavy (non-hydrogen) atoms. The van der Waals surface area contributed by atoms with E-state index in [1.807, 2.05) is 61.5 Å². The number of rotatable bonds is 12. The monoisotopic (exact) mass is 425 g/mol. The number of nitrogens with one attached hydrogen (secondary N) is 1. The Morgan fingerprint density at radius 2 is 1.74 bits per heavy atom. The Kier molecular flexibility index (Phi) is 10.2. The zero-order chi connectivity index (χ0) is 22.6. The normalized spacial score (nSPS) is 11.6. The fourth-order valence-corrected chi connectivity index (χ4v) is 3.29. The van der Waals surface area contributed by atoms with Crippen LogP contribution in [0.5, 0.6) is 0 Å². The van der Waals surface area contributed by atoms with Gasteiger partial charge in [-0.15, -0.1) is 0 Å². The standard InChI is InChI=1S/C23H32BN3O4/c1-18-9-5-6-12-20(18)27(23(29)15-14-19-10-3-2-4-11-19)17-22(28)26-16-8-7-13-21(25)24(30)31/h2-6,9-12,21,30-31H,7-8,13-17,25H2,1H3,(H,26,28). The molecular weight excluding hydrogens is 393 g/mol. The van der Waals surface area contributed by atoms with Crippen LogP contribution in [0.25, 0.3) is 0 Å². The van der Waals surface area contributed by atoms with E-state index in [-0.39, 0.29) is 18.4 Å². The van der Waals surface area contributed by atoms with E-state index < -0.39 is 13.1 Å². The van der Waals surface area contributed by atoms with Crippen molar-refractivity contribution in [2.75, 3.05) is 18.0 Å². The van der Waals surface area contributed by atoms with Crippen molar-refractivity contribution in [2.45, 2.75) is 45.0 Å². The van der Waals surface area contributed by atoms with Crippen molar-refractivity contribution in [3.8, 4) is 0 Å². The minimum Gasteiger partial charge on any atom is -0.426 e. The average Bonchev–Trinajstić information content (AvgIpc) is 2.76. The van der Waals surface area contributed by atoms with Crippen LogP contribution in [-0.2, 0) is 16.0 Å². The number of carbonyl (C=O) groups excluding carboxylic acids is 2. The molecule has 0 aromatic heterocycles. The first kappa shape index (κ1) is 24.6. The van der Waals surface area contributed by atoms with Gasteiger partial charge in [-0.3, -0.25) is 9.59 Å². The third-order valence-electron chi connectivity index (χ3n) is 5.15. The summed E-state index contributed by atoms with van der Waals surface area (Å²) in [5.74, 6) is -1.02. The lowest BCUT2D eigenvalue weighted by atomic mass is 9.77. The highest BCUT2D eigenvalue weighted by atomic mass is 16.4. The highest BCUT2D eigenvalue weighted by molar-refractivity contribution is 6.43. The first-order valence-corrected chi connectivity index (χ1v) is 10.7. The van der Waals surface area contributed by atoms with E-state index in [2.05, 4.69) is 5.32 Å². The molecule has 0 heterocycles. The van der Waals surface area contributed by atoms with Crippen molar-refractivity contribution in [3.63, 3.8) is 0 Å². The predicted octanol–water partition coefficient (Wildman–Crippen LogP) is 1.59. The molecule has 2 aromatic rings. The summed E-state index contributed by atoms with van der Waals surface area (Å²) in [5.41, 5.74) is 8.32. The largest absolute Gasteiger partial charge is 0.469 e. The second kappa shape index (κ2) is 12.9. The minimum atomic E-state index is -1.53. The van der Waals surface area contributed by atoms with Crippen LogP contribution in [0.1, 0.15) is 36.8 Å². The molecule has 1 unspecified atom stereocenters. The molecular formula is C23H32BN3O4. The summed E-state index contributed by atoms with van der Waals surface area (Å²) in [7, 11) is -1.53. The number of carbonyl (C=O) groups is 2. The van der Waals surface area contributed by atoms with Gasteiger partial charge < -0.3 is 26.0 Å². The molecule has 0 aliphatic rings. The third-order valence-corrected chi connectivity index (χ3v) is 5.15. The number of benzene rings is 2. The molecule has 0 aliphatic carbocycles. The third kappa shape index (κ3) is 8.53. The Morgan fingerprint density at radius 3 is 2.42 bits per heavy atom. The fourth-order valence-electron chi connectivity index (χ4n) is 3.29. The van der Waals surface area contributed by atoms with Crippen LogP contribution in [0.3, 0.4) is 0 Å². The molecule has 2 amide bonds. The van der Waals surface area contributed by atoms with Gasteiger partial charge in [0.05, 0.1) is 0 Å². The summed E-state index contributed by atoms with van der Waals surface area (Å²) in [6.07, 6.45) is 2.71. The molecule has 0 bridgehead atoms. The number of unbranched alkanes of at least 4 members (excludes halogenated alkanes) is 1. The van der Waals surface area contributed by atoms with E-state index in [0.29, 0.717) is 38.6 Å². The number of hydrogen-bond donors (Lipinski definition) is 4. The van der Waals surface area contributed by atoms with Crippen molar-refractivity contribution in [2.24, 2.45) is 5.73 Å². The van der Waals surface area contributed by atoms with Crippen LogP contribution in [0.4, 0.5) is 5.69 Å². The lowest BCUT2D eigenvalue weighted by Crippen LogP contribution is -2.41. The van der Waals surface area contributed by atoms with Crippen LogP contribution in [0.2, 0.25) is 0 Å². The maximum absolute atomic E-state index is 13.0. The molecule has 166 valence electrons. The first-order chi connectivity index (χ1) is 14.9. The Morgan fingerprint density at radius 1 is 1.06 bits per heavy atom. The Labute approximate surface area is 184 Å². The molecule has 5 N–H and O–H groups in total. The van der Waals surface area contributed by atoms with Crippen molar-refractivity contribution >= 4 is 24.6 Å².